The summed E-state index contributed by atoms with van der Waals surface area (Å²) in [4.78, 5) is 15.0. The van der Waals surface area contributed by atoms with Crippen molar-refractivity contribution in [3.05, 3.63) is 0 Å². The topological polar surface area (TPSA) is 35.6 Å². The summed E-state index contributed by atoms with van der Waals surface area (Å²) in [6, 6.07) is 0.413. The van der Waals surface area contributed by atoms with E-state index in [1.54, 1.807) is 19.0 Å². The molecule has 2 amide bonds. The van der Waals surface area contributed by atoms with Crippen molar-refractivity contribution in [2.24, 2.45) is 5.92 Å². The third-order valence-electron chi connectivity index (χ3n) is 2.79. The molecule has 0 aromatic rings. The largest absolute Gasteiger partial charge is 0.331 e. The van der Waals surface area contributed by atoms with Gasteiger partial charge in [-0.05, 0) is 6.92 Å². The molecule has 4 nitrogen and oxygen atoms in total. The summed E-state index contributed by atoms with van der Waals surface area (Å²) in [5.41, 5.74) is 0. The predicted molar refractivity (Wildman–Crippen MR) is 52.7 cm³/mol. The molecule has 0 aliphatic carbocycles. The number of carbonyl (C=O) groups is 1. The third kappa shape index (κ3) is 2.12. The Labute approximate surface area is 79.9 Å². The molecule has 0 aromatic carbocycles. The lowest BCUT2D eigenvalue weighted by atomic mass is 9.94. The standard InChI is InChI=1S/C9H19N3O/c1-7(8-5-10-6-8)12(4)9(13)11(2)3/h7-8,10H,5-6H2,1-4H3. The second-order valence-electron chi connectivity index (χ2n) is 3.95. The van der Waals surface area contributed by atoms with Gasteiger partial charge in [-0.15, -0.1) is 0 Å². The summed E-state index contributed by atoms with van der Waals surface area (Å²) in [6.07, 6.45) is 0. The minimum absolute atomic E-state index is 0.0828. The van der Waals surface area contributed by atoms with Crippen LogP contribution >= 0.6 is 0 Å². The van der Waals surface area contributed by atoms with Gasteiger partial charge in [-0.3, -0.25) is 0 Å². The lowest BCUT2D eigenvalue weighted by Gasteiger charge is -2.38. The summed E-state index contributed by atoms with van der Waals surface area (Å²) in [6.45, 7) is 4.17. The number of hydrogen-bond acceptors (Lipinski definition) is 2. The normalized spacial score (nSPS) is 19.1. The maximum atomic E-state index is 11.6. The number of rotatable bonds is 2. The lowest BCUT2D eigenvalue weighted by molar-refractivity contribution is 0.132. The van der Waals surface area contributed by atoms with E-state index < -0.39 is 0 Å². The summed E-state index contributed by atoms with van der Waals surface area (Å²) in [7, 11) is 5.43. The fourth-order valence-corrected chi connectivity index (χ4v) is 1.46. The molecular formula is C9H19N3O. The SMILES string of the molecule is CC(C1CNC1)N(C)C(=O)N(C)C. The number of hydrogen-bond donors (Lipinski definition) is 1. The second kappa shape index (κ2) is 3.96. The van der Waals surface area contributed by atoms with E-state index >= 15 is 0 Å². The van der Waals surface area contributed by atoms with Crippen LogP contribution in [0.5, 0.6) is 0 Å². The predicted octanol–water partition coefficient (Wildman–Crippen LogP) is 0.208. The molecule has 1 aliphatic rings. The Morgan fingerprint density at radius 3 is 2.23 bits per heavy atom. The van der Waals surface area contributed by atoms with Gasteiger partial charge in [0, 0.05) is 46.2 Å². The van der Waals surface area contributed by atoms with Crippen LogP contribution in [0.25, 0.3) is 0 Å². The van der Waals surface area contributed by atoms with Gasteiger partial charge in [0.05, 0.1) is 0 Å². The van der Waals surface area contributed by atoms with E-state index in [4.69, 9.17) is 0 Å². The number of nitrogens with zero attached hydrogens (tertiary/aromatic N) is 2. The third-order valence-corrected chi connectivity index (χ3v) is 2.79. The summed E-state index contributed by atoms with van der Waals surface area (Å²) < 4.78 is 0. The minimum Gasteiger partial charge on any atom is -0.331 e. The van der Waals surface area contributed by atoms with E-state index in [2.05, 4.69) is 12.2 Å². The number of carbonyl (C=O) groups excluding carboxylic acids is 1. The van der Waals surface area contributed by atoms with Crippen molar-refractivity contribution in [2.45, 2.75) is 13.0 Å². The van der Waals surface area contributed by atoms with Gasteiger partial charge < -0.3 is 15.1 Å². The molecule has 4 heteroatoms. The van der Waals surface area contributed by atoms with Crippen LogP contribution in [0.4, 0.5) is 4.79 Å². The van der Waals surface area contributed by atoms with E-state index in [1.165, 1.54) is 0 Å². The molecule has 1 N–H and O–H groups in total. The van der Waals surface area contributed by atoms with E-state index in [9.17, 15) is 4.79 Å². The Balaban J connectivity index is 2.45. The molecule has 1 rings (SSSR count). The maximum absolute atomic E-state index is 11.6. The van der Waals surface area contributed by atoms with E-state index in [-0.39, 0.29) is 6.03 Å². The molecular weight excluding hydrogens is 166 g/mol. The van der Waals surface area contributed by atoms with Crippen LogP contribution < -0.4 is 5.32 Å². The fourth-order valence-electron chi connectivity index (χ4n) is 1.46. The fraction of sp³-hybridized carbons (Fsp3) is 0.889. The zero-order valence-electron chi connectivity index (χ0n) is 8.87. The van der Waals surface area contributed by atoms with Crippen molar-refractivity contribution in [3.63, 3.8) is 0 Å². The Kier molecular flexibility index (Phi) is 3.14. The van der Waals surface area contributed by atoms with Gasteiger partial charge in [0.1, 0.15) is 0 Å². The molecule has 13 heavy (non-hydrogen) atoms. The number of urea groups is 1. The molecule has 1 unspecified atom stereocenters. The first kappa shape index (κ1) is 10.3. The highest BCUT2D eigenvalue weighted by Crippen LogP contribution is 2.14. The van der Waals surface area contributed by atoms with Crippen LogP contribution in [0, 0.1) is 5.92 Å². The number of nitrogens with one attached hydrogen (secondary N) is 1. The van der Waals surface area contributed by atoms with Gasteiger partial charge in [0.2, 0.25) is 0 Å². The highest BCUT2D eigenvalue weighted by molar-refractivity contribution is 5.73. The van der Waals surface area contributed by atoms with Crippen LogP contribution in [-0.2, 0) is 0 Å². The molecule has 1 aliphatic heterocycles. The van der Waals surface area contributed by atoms with Crippen molar-refractivity contribution in [2.75, 3.05) is 34.2 Å². The zero-order valence-corrected chi connectivity index (χ0v) is 8.87. The number of amides is 2. The molecule has 0 saturated carbocycles. The van der Waals surface area contributed by atoms with Gasteiger partial charge in [-0.1, -0.05) is 0 Å². The van der Waals surface area contributed by atoms with E-state index in [0.29, 0.717) is 12.0 Å². The first-order chi connectivity index (χ1) is 6.04. The summed E-state index contributed by atoms with van der Waals surface area (Å²) in [5, 5.41) is 3.21. The van der Waals surface area contributed by atoms with Crippen molar-refractivity contribution < 1.29 is 4.79 Å². The zero-order chi connectivity index (χ0) is 10.0. The Morgan fingerprint density at radius 1 is 1.38 bits per heavy atom. The smallest absolute Gasteiger partial charge is 0.319 e. The molecule has 0 radical (unpaired) electrons. The monoisotopic (exact) mass is 185 g/mol. The Bertz CT molecular complexity index is 189. The molecule has 1 saturated heterocycles. The van der Waals surface area contributed by atoms with Gasteiger partial charge in [-0.2, -0.15) is 0 Å². The Hall–Kier alpha value is -0.770. The lowest BCUT2D eigenvalue weighted by Crippen LogP contribution is -2.55. The van der Waals surface area contributed by atoms with Crippen LogP contribution in [0.1, 0.15) is 6.92 Å². The second-order valence-corrected chi connectivity index (χ2v) is 3.95. The van der Waals surface area contributed by atoms with Crippen molar-refractivity contribution >= 4 is 6.03 Å². The minimum atomic E-state index is 0.0828. The van der Waals surface area contributed by atoms with Gasteiger partial charge in [0.25, 0.3) is 0 Å². The van der Waals surface area contributed by atoms with Crippen LogP contribution in [0.3, 0.4) is 0 Å². The van der Waals surface area contributed by atoms with Crippen molar-refractivity contribution in [1.29, 1.82) is 0 Å². The highest BCUT2D eigenvalue weighted by Gasteiger charge is 2.29. The summed E-state index contributed by atoms with van der Waals surface area (Å²) >= 11 is 0. The average molecular weight is 185 g/mol. The van der Waals surface area contributed by atoms with Gasteiger partial charge in [-0.25, -0.2) is 4.79 Å². The quantitative estimate of drug-likeness (QED) is 0.667. The van der Waals surface area contributed by atoms with Crippen LogP contribution in [-0.4, -0.2) is 56.1 Å². The molecule has 76 valence electrons. The maximum Gasteiger partial charge on any atom is 0.319 e. The molecule has 0 spiro atoms. The van der Waals surface area contributed by atoms with Crippen LogP contribution in [0.15, 0.2) is 0 Å². The Morgan fingerprint density at radius 2 is 1.92 bits per heavy atom. The molecule has 0 aromatic heterocycles. The molecule has 1 atom stereocenters. The van der Waals surface area contributed by atoms with Gasteiger partial charge in [0.15, 0.2) is 0 Å². The van der Waals surface area contributed by atoms with E-state index in [0.717, 1.165) is 13.1 Å². The average Bonchev–Trinajstić information content (AvgIpc) is 1.98. The first-order valence-electron chi connectivity index (χ1n) is 4.69. The van der Waals surface area contributed by atoms with E-state index in [1.807, 2.05) is 11.9 Å². The highest BCUT2D eigenvalue weighted by atomic mass is 16.2. The molecule has 0 bridgehead atoms. The molecule has 1 fully saturated rings. The van der Waals surface area contributed by atoms with Crippen molar-refractivity contribution in [3.8, 4) is 0 Å². The van der Waals surface area contributed by atoms with Crippen LogP contribution in [0.2, 0.25) is 0 Å². The van der Waals surface area contributed by atoms with Crippen molar-refractivity contribution in [1.82, 2.24) is 15.1 Å². The molecule has 1 heterocycles. The first-order valence-corrected chi connectivity index (χ1v) is 4.69. The van der Waals surface area contributed by atoms with Gasteiger partial charge >= 0.3 is 6.03 Å². The summed E-state index contributed by atoms with van der Waals surface area (Å²) in [5.74, 6) is 0.619.